The molecular formula is C15H26N2O7. The number of carbonyl (C=O) groups excluding carboxylic acids is 2. The van der Waals surface area contributed by atoms with E-state index in [1.807, 2.05) is 0 Å². The Morgan fingerprint density at radius 3 is 1.75 bits per heavy atom. The predicted molar refractivity (Wildman–Crippen MR) is 85.3 cm³/mol. The summed E-state index contributed by atoms with van der Waals surface area (Å²) < 4.78 is 25.4. The SMILES string of the molecule is C#CCNC(=O)CCOCCOCCOCCOCCOC(N)=O. The summed E-state index contributed by atoms with van der Waals surface area (Å²) in [6, 6.07) is 0. The third-order valence-corrected chi connectivity index (χ3v) is 2.45. The quantitative estimate of drug-likeness (QED) is 0.280. The molecule has 0 radical (unpaired) electrons. The Hall–Kier alpha value is -1.86. The lowest BCUT2D eigenvalue weighted by atomic mass is 10.4. The van der Waals surface area contributed by atoms with Crippen molar-refractivity contribution in [2.45, 2.75) is 6.42 Å². The predicted octanol–water partition coefficient (Wildman–Crippen LogP) is -0.712. The largest absolute Gasteiger partial charge is 0.447 e. The van der Waals surface area contributed by atoms with Crippen molar-refractivity contribution in [3.05, 3.63) is 0 Å². The summed E-state index contributed by atoms with van der Waals surface area (Å²) in [5.74, 6) is 2.19. The van der Waals surface area contributed by atoms with Crippen molar-refractivity contribution < 1.29 is 33.3 Å². The average Bonchev–Trinajstić information content (AvgIpc) is 2.56. The van der Waals surface area contributed by atoms with E-state index in [0.29, 0.717) is 46.2 Å². The van der Waals surface area contributed by atoms with Crippen molar-refractivity contribution in [2.24, 2.45) is 5.73 Å². The highest BCUT2D eigenvalue weighted by molar-refractivity contribution is 5.76. The molecule has 0 aliphatic rings. The van der Waals surface area contributed by atoms with Crippen LogP contribution in [0.3, 0.4) is 0 Å². The van der Waals surface area contributed by atoms with E-state index in [0.717, 1.165) is 0 Å². The molecule has 138 valence electrons. The normalized spacial score (nSPS) is 10.1. The lowest BCUT2D eigenvalue weighted by molar-refractivity contribution is -0.122. The van der Waals surface area contributed by atoms with Crippen LogP contribution in [0, 0.1) is 12.3 Å². The van der Waals surface area contributed by atoms with Gasteiger partial charge in [0.2, 0.25) is 5.91 Å². The average molecular weight is 346 g/mol. The van der Waals surface area contributed by atoms with Crippen LogP contribution in [0.25, 0.3) is 0 Å². The molecule has 0 saturated carbocycles. The fraction of sp³-hybridized carbons (Fsp3) is 0.733. The first-order chi connectivity index (χ1) is 11.7. The fourth-order valence-electron chi connectivity index (χ4n) is 1.37. The highest BCUT2D eigenvalue weighted by atomic mass is 16.6. The van der Waals surface area contributed by atoms with Gasteiger partial charge in [0.1, 0.15) is 6.61 Å². The molecule has 9 heteroatoms. The zero-order valence-electron chi connectivity index (χ0n) is 13.8. The number of hydrogen-bond acceptors (Lipinski definition) is 7. The second-order valence-electron chi connectivity index (χ2n) is 4.35. The minimum absolute atomic E-state index is 0.129. The topological polar surface area (TPSA) is 118 Å². The first-order valence-corrected chi connectivity index (χ1v) is 7.60. The van der Waals surface area contributed by atoms with Gasteiger partial charge in [0, 0.05) is 6.42 Å². The number of hydrogen-bond donors (Lipinski definition) is 2. The van der Waals surface area contributed by atoms with Gasteiger partial charge in [0.05, 0.1) is 59.4 Å². The highest BCUT2D eigenvalue weighted by Gasteiger charge is 1.99. The minimum atomic E-state index is -0.817. The summed E-state index contributed by atoms with van der Waals surface area (Å²) in [4.78, 5) is 21.4. The van der Waals surface area contributed by atoms with Crippen LogP contribution in [0.1, 0.15) is 6.42 Å². The number of amides is 2. The molecule has 3 N–H and O–H groups in total. The molecule has 0 spiro atoms. The summed E-state index contributed by atoms with van der Waals surface area (Å²) in [5, 5.41) is 2.54. The van der Waals surface area contributed by atoms with Crippen molar-refractivity contribution in [3.8, 4) is 12.3 Å². The van der Waals surface area contributed by atoms with Gasteiger partial charge < -0.3 is 34.7 Å². The molecular weight excluding hydrogens is 320 g/mol. The van der Waals surface area contributed by atoms with Crippen LogP contribution in [-0.2, 0) is 28.5 Å². The molecule has 24 heavy (non-hydrogen) atoms. The number of terminal acetylenes is 1. The molecule has 0 atom stereocenters. The van der Waals surface area contributed by atoms with Crippen molar-refractivity contribution >= 4 is 12.0 Å². The zero-order valence-corrected chi connectivity index (χ0v) is 13.8. The van der Waals surface area contributed by atoms with E-state index in [1.165, 1.54) is 0 Å². The number of ether oxygens (including phenoxy) is 5. The van der Waals surface area contributed by atoms with E-state index in [4.69, 9.17) is 31.1 Å². The molecule has 0 unspecified atom stereocenters. The number of nitrogens with two attached hydrogens (primary N) is 1. The molecule has 9 nitrogen and oxygen atoms in total. The summed E-state index contributed by atoms with van der Waals surface area (Å²) in [5.41, 5.74) is 4.78. The Bertz CT molecular complexity index is 371. The van der Waals surface area contributed by atoms with Crippen LogP contribution < -0.4 is 11.1 Å². The zero-order chi connectivity index (χ0) is 17.9. The molecule has 0 saturated heterocycles. The summed E-state index contributed by atoms with van der Waals surface area (Å²) in [6.07, 6.45) is 4.47. The number of primary amides is 1. The second kappa shape index (κ2) is 17.5. The Balaban J connectivity index is 3.09. The summed E-state index contributed by atoms with van der Waals surface area (Å²) in [6.45, 7) is 3.50. The summed E-state index contributed by atoms with van der Waals surface area (Å²) in [7, 11) is 0. The highest BCUT2D eigenvalue weighted by Crippen LogP contribution is 1.86. The standard InChI is InChI=1S/C15H26N2O7/c1-2-4-17-14(18)3-5-20-6-7-21-8-9-22-10-11-23-12-13-24-15(16)19/h1H,3-13H2,(H2,16,19)(H,17,18). The van der Waals surface area contributed by atoms with E-state index < -0.39 is 6.09 Å². The fourth-order valence-corrected chi connectivity index (χ4v) is 1.37. The minimum Gasteiger partial charge on any atom is -0.447 e. The van der Waals surface area contributed by atoms with Gasteiger partial charge in [-0.05, 0) is 0 Å². The van der Waals surface area contributed by atoms with E-state index in [9.17, 15) is 9.59 Å². The molecule has 0 aliphatic carbocycles. The van der Waals surface area contributed by atoms with Gasteiger partial charge in [0.25, 0.3) is 0 Å². The van der Waals surface area contributed by atoms with Gasteiger partial charge in [0.15, 0.2) is 0 Å². The van der Waals surface area contributed by atoms with Crippen molar-refractivity contribution in [1.82, 2.24) is 5.32 Å². The maximum Gasteiger partial charge on any atom is 0.404 e. The molecule has 0 aromatic rings. The van der Waals surface area contributed by atoms with E-state index in [1.54, 1.807) is 0 Å². The van der Waals surface area contributed by atoms with Crippen LogP contribution in [0.5, 0.6) is 0 Å². The van der Waals surface area contributed by atoms with Crippen LogP contribution in [0.4, 0.5) is 4.79 Å². The van der Waals surface area contributed by atoms with Crippen LogP contribution in [0.2, 0.25) is 0 Å². The van der Waals surface area contributed by atoms with Crippen LogP contribution in [-0.4, -0.2) is 78.0 Å². The monoisotopic (exact) mass is 346 g/mol. The maximum absolute atomic E-state index is 11.2. The van der Waals surface area contributed by atoms with Gasteiger partial charge in [-0.15, -0.1) is 6.42 Å². The van der Waals surface area contributed by atoms with E-state index in [2.05, 4.69) is 16.0 Å². The Morgan fingerprint density at radius 2 is 1.29 bits per heavy atom. The van der Waals surface area contributed by atoms with Crippen LogP contribution in [0.15, 0.2) is 0 Å². The van der Waals surface area contributed by atoms with Crippen molar-refractivity contribution in [1.29, 1.82) is 0 Å². The van der Waals surface area contributed by atoms with Crippen LogP contribution >= 0.6 is 0 Å². The molecule has 0 aliphatic heterocycles. The Morgan fingerprint density at radius 1 is 0.833 bits per heavy atom. The number of nitrogens with one attached hydrogen (secondary N) is 1. The molecule has 0 rings (SSSR count). The molecule has 0 heterocycles. The molecule has 0 aromatic carbocycles. The first-order valence-electron chi connectivity index (χ1n) is 7.60. The Labute approximate surface area is 142 Å². The van der Waals surface area contributed by atoms with Gasteiger partial charge in [-0.1, -0.05) is 5.92 Å². The van der Waals surface area contributed by atoms with E-state index in [-0.39, 0.29) is 32.1 Å². The van der Waals surface area contributed by atoms with Gasteiger partial charge in [-0.25, -0.2) is 4.79 Å². The maximum atomic E-state index is 11.2. The smallest absolute Gasteiger partial charge is 0.404 e. The van der Waals surface area contributed by atoms with Crippen molar-refractivity contribution in [3.63, 3.8) is 0 Å². The summed E-state index contributed by atoms with van der Waals surface area (Å²) >= 11 is 0. The third-order valence-electron chi connectivity index (χ3n) is 2.45. The Kier molecular flexibility index (Phi) is 16.1. The van der Waals surface area contributed by atoms with Gasteiger partial charge in [-0.3, -0.25) is 4.79 Å². The second-order valence-corrected chi connectivity index (χ2v) is 4.35. The van der Waals surface area contributed by atoms with E-state index >= 15 is 0 Å². The molecule has 2 amide bonds. The lowest BCUT2D eigenvalue weighted by Gasteiger charge is -2.07. The lowest BCUT2D eigenvalue weighted by Crippen LogP contribution is -2.24. The molecule has 0 bridgehead atoms. The molecule has 0 aromatic heterocycles. The van der Waals surface area contributed by atoms with Gasteiger partial charge >= 0.3 is 6.09 Å². The first kappa shape index (κ1) is 22.1. The van der Waals surface area contributed by atoms with Crippen molar-refractivity contribution in [2.75, 3.05) is 66.0 Å². The van der Waals surface area contributed by atoms with Gasteiger partial charge in [-0.2, -0.15) is 0 Å². The number of rotatable bonds is 16. The molecule has 0 fully saturated rings. The number of carbonyl (C=O) groups is 2. The third kappa shape index (κ3) is 18.2.